The zero-order valence-electron chi connectivity index (χ0n) is 19.7. The Kier molecular flexibility index (Phi) is 7.95. The molecule has 1 saturated carbocycles. The van der Waals surface area contributed by atoms with E-state index in [9.17, 15) is 19.2 Å². The summed E-state index contributed by atoms with van der Waals surface area (Å²) >= 11 is 0. The van der Waals surface area contributed by atoms with E-state index >= 15 is 0 Å². The number of hydrogen-bond acceptors (Lipinski definition) is 7. The highest BCUT2D eigenvalue weighted by molar-refractivity contribution is 6.23. The van der Waals surface area contributed by atoms with Crippen LogP contribution < -0.4 is 9.64 Å². The molecule has 1 aliphatic carbocycles. The molecule has 3 amide bonds. The zero-order valence-corrected chi connectivity index (χ0v) is 19.7. The van der Waals surface area contributed by atoms with Crippen molar-refractivity contribution in [2.75, 3.05) is 44.3 Å². The normalized spacial score (nSPS) is 22.1. The lowest BCUT2D eigenvalue weighted by atomic mass is 9.88. The first-order valence-corrected chi connectivity index (χ1v) is 12.2. The van der Waals surface area contributed by atoms with Crippen molar-refractivity contribution < 1.29 is 28.7 Å². The molecule has 0 N–H and O–H groups in total. The molecule has 3 aliphatic rings. The molecule has 0 spiro atoms. The Morgan fingerprint density at radius 1 is 1.06 bits per heavy atom. The molecular formula is C25H33N3O6. The van der Waals surface area contributed by atoms with Crippen molar-refractivity contribution in [3.8, 4) is 5.75 Å². The number of morpholine rings is 1. The van der Waals surface area contributed by atoms with Gasteiger partial charge in [-0.1, -0.05) is 19.3 Å². The second-order valence-corrected chi connectivity index (χ2v) is 9.20. The van der Waals surface area contributed by atoms with Crippen molar-refractivity contribution in [2.24, 2.45) is 5.92 Å². The van der Waals surface area contributed by atoms with Crippen LogP contribution in [0.4, 0.5) is 5.69 Å². The van der Waals surface area contributed by atoms with Crippen molar-refractivity contribution in [1.29, 1.82) is 0 Å². The second kappa shape index (κ2) is 11.1. The first kappa shape index (κ1) is 24.3. The molecule has 0 radical (unpaired) electrons. The van der Waals surface area contributed by atoms with Crippen molar-refractivity contribution in [2.45, 2.75) is 51.5 Å². The zero-order chi connectivity index (χ0) is 24.1. The lowest BCUT2D eigenvalue weighted by molar-refractivity contribution is -0.143. The number of carbonyl (C=O) groups excluding carboxylic acids is 4. The van der Waals surface area contributed by atoms with Crippen LogP contribution in [0.5, 0.6) is 5.75 Å². The van der Waals surface area contributed by atoms with Crippen molar-refractivity contribution in [3.05, 3.63) is 24.3 Å². The van der Waals surface area contributed by atoms with Crippen LogP contribution in [0.25, 0.3) is 0 Å². The number of hydrogen-bond donors (Lipinski definition) is 0. The van der Waals surface area contributed by atoms with Crippen LogP contribution in [-0.4, -0.2) is 78.9 Å². The molecule has 9 nitrogen and oxygen atoms in total. The van der Waals surface area contributed by atoms with Gasteiger partial charge in [-0.15, -0.1) is 0 Å². The number of imide groups is 1. The maximum atomic E-state index is 13.6. The highest BCUT2D eigenvalue weighted by atomic mass is 16.5. The third kappa shape index (κ3) is 5.64. The average Bonchev–Trinajstić information content (AvgIpc) is 3.14. The summed E-state index contributed by atoms with van der Waals surface area (Å²) in [6.45, 7) is 5.28. The van der Waals surface area contributed by atoms with Gasteiger partial charge in [0.1, 0.15) is 11.8 Å². The van der Waals surface area contributed by atoms with E-state index in [2.05, 4.69) is 4.90 Å². The predicted octanol–water partition coefficient (Wildman–Crippen LogP) is 1.98. The molecule has 0 bridgehead atoms. The van der Waals surface area contributed by atoms with Gasteiger partial charge in [-0.3, -0.25) is 24.1 Å². The number of ether oxygens (including phenoxy) is 2. The first-order chi connectivity index (χ1) is 16.4. The molecule has 1 aromatic rings. The molecule has 4 rings (SSSR count). The summed E-state index contributed by atoms with van der Waals surface area (Å²) in [4.78, 5) is 56.1. The number of nitrogens with zero attached hydrogens (tertiary/aromatic N) is 3. The molecule has 2 saturated heterocycles. The predicted molar refractivity (Wildman–Crippen MR) is 124 cm³/mol. The Labute approximate surface area is 200 Å². The van der Waals surface area contributed by atoms with Crippen molar-refractivity contribution >= 4 is 29.4 Å². The van der Waals surface area contributed by atoms with E-state index in [4.69, 9.17) is 9.47 Å². The highest BCUT2D eigenvalue weighted by Crippen LogP contribution is 2.31. The molecule has 34 heavy (non-hydrogen) atoms. The Bertz CT molecular complexity index is 906. The number of amides is 3. The molecular weight excluding hydrogens is 438 g/mol. The second-order valence-electron chi connectivity index (χ2n) is 9.20. The molecule has 0 aromatic heterocycles. The molecule has 3 fully saturated rings. The van der Waals surface area contributed by atoms with Crippen LogP contribution in [0, 0.1) is 5.92 Å². The summed E-state index contributed by atoms with van der Waals surface area (Å²) in [5.74, 6) is -0.909. The monoisotopic (exact) mass is 471 g/mol. The van der Waals surface area contributed by atoms with Gasteiger partial charge in [0, 0.05) is 39.0 Å². The topological polar surface area (TPSA) is 96.5 Å². The molecule has 2 heterocycles. The van der Waals surface area contributed by atoms with Crippen LogP contribution >= 0.6 is 0 Å². The van der Waals surface area contributed by atoms with E-state index in [1.807, 2.05) is 0 Å². The van der Waals surface area contributed by atoms with Gasteiger partial charge in [0.25, 0.3) is 5.91 Å². The average molecular weight is 472 g/mol. The summed E-state index contributed by atoms with van der Waals surface area (Å²) in [6, 6.07) is 5.47. The minimum Gasteiger partial charge on any atom is -0.427 e. The fraction of sp³-hybridized carbons (Fsp3) is 0.600. The minimum absolute atomic E-state index is 0.00818. The SMILES string of the molecule is CC(=O)Oc1ccc(N2C(=O)CC(N(CCN3CCOCC3)C(=O)C3CCCCC3)C2=O)cc1. The molecule has 184 valence electrons. The van der Waals surface area contributed by atoms with Crippen molar-refractivity contribution in [3.63, 3.8) is 0 Å². The standard InChI is InChI=1S/C25H33N3O6/c1-18(29)34-21-9-7-20(8-10-21)28-23(30)17-22(25(28)32)27(12-11-26-13-15-33-16-14-26)24(31)19-5-3-2-4-6-19/h7-10,19,22H,2-6,11-17H2,1H3. The fourth-order valence-corrected chi connectivity index (χ4v) is 5.04. The van der Waals surface area contributed by atoms with Crippen LogP contribution in [0.3, 0.4) is 0 Å². The third-order valence-electron chi connectivity index (χ3n) is 6.85. The van der Waals surface area contributed by atoms with Crippen LogP contribution in [-0.2, 0) is 23.9 Å². The van der Waals surface area contributed by atoms with Gasteiger partial charge in [-0.2, -0.15) is 0 Å². The molecule has 1 aromatic carbocycles. The van der Waals surface area contributed by atoms with Gasteiger partial charge < -0.3 is 14.4 Å². The number of rotatable bonds is 7. The largest absolute Gasteiger partial charge is 0.427 e. The highest BCUT2D eigenvalue weighted by Gasteiger charge is 2.45. The summed E-state index contributed by atoms with van der Waals surface area (Å²) in [5, 5.41) is 0. The first-order valence-electron chi connectivity index (χ1n) is 12.2. The van der Waals surface area contributed by atoms with Crippen LogP contribution in [0.2, 0.25) is 0 Å². The Balaban J connectivity index is 1.51. The lowest BCUT2D eigenvalue weighted by Crippen LogP contribution is -2.51. The van der Waals surface area contributed by atoms with E-state index in [1.54, 1.807) is 29.2 Å². The quantitative estimate of drug-likeness (QED) is 0.341. The van der Waals surface area contributed by atoms with E-state index in [0.29, 0.717) is 37.7 Å². The van der Waals surface area contributed by atoms with E-state index in [-0.39, 0.29) is 30.1 Å². The van der Waals surface area contributed by atoms with Gasteiger partial charge >= 0.3 is 5.97 Å². The van der Waals surface area contributed by atoms with Crippen molar-refractivity contribution in [1.82, 2.24) is 9.80 Å². The van der Waals surface area contributed by atoms with Gasteiger partial charge in [-0.25, -0.2) is 4.90 Å². The molecule has 1 atom stereocenters. The van der Waals surface area contributed by atoms with E-state index in [1.165, 1.54) is 6.92 Å². The maximum Gasteiger partial charge on any atom is 0.308 e. The van der Waals surface area contributed by atoms with Gasteiger partial charge in [0.05, 0.1) is 25.3 Å². The Morgan fingerprint density at radius 3 is 2.38 bits per heavy atom. The van der Waals surface area contributed by atoms with Gasteiger partial charge in [-0.05, 0) is 37.1 Å². The smallest absolute Gasteiger partial charge is 0.308 e. The molecule has 2 aliphatic heterocycles. The summed E-state index contributed by atoms with van der Waals surface area (Å²) in [5.41, 5.74) is 0.409. The van der Waals surface area contributed by atoms with E-state index in [0.717, 1.165) is 50.1 Å². The number of benzene rings is 1. The maximum absolute atomic E-state index is 13.6. The Hall–Kier alpha value is -2.78. The van der Waals surface area contributed by atoms with Gasteiger partial charge in [0.15, 0.2) is 0 Å². The number of esters is 1. The fourth-order valence-electron chi connectivity index (χ4n) is 5.04. The Morgan fingerprint density at radius 2 is 1.74 bits per heavy atom. The van der Waals surface area contributed by atoms with Gasteiger partial charge in [0.2, 0.25) is 11.8 Å². The summed E-state index contributed by atoms with van der Waals surface area (Å²) < 4.78 is 10.5. The van der Waals surface area contributed by atoms with Crippen LogP contribution in [0.1, 0.15) is 45.4 Å². The summed E-state index contributed by atoms with van der Waals surface area (Å²) in [7, 11) is 0. The molecule has 9 heteroatoms. The lowest BCUT2D eigenvalue weighted by Gasteiger charge is -2.35. The summed E-state index contributed by atoms with van der Waals surface area (Å²) in [6.07, 6.45) is 4.83. The number of anilines is 1. The minimum atomic E-state index is -0.795. The van der Waals surface area contributed by atoms with Crippen LogP contribution in [0.15, 0.2) is 24.3 Å². The molecule has 1 unspecified atom stereocenters. The number of carbonyl (C=O) groups is 4. The third-order valence-corrected chi connectivity index (χ3v) is 6.85. The van der Waals surface area contributed by atoms with E-state index < -0.39 is 12.0 Å².